The average molecular weight is 353 g/mol. The smallest absolute Gasteiger partial charge is 0.292 e. The van der Waals surface area contributed by atoms with Gasteiger partial charge in [-0.15, -0.1) is 10.2 Å². The molecule has 0 aliphatic carbocycles. The minimum Gasteiger partial charge on any atom is -0.360 e. The van der Waals surface area contributed by atoms with Crippen LogP contribution in [0.3, 0.4) is 0 Å². The molecule has 122 valence electrons. The molecule has 2 N–H and O–H groups in total. The van der Waals surface area contributed by atoms with Crippen LogP contribution in [-0.2, 0) is 4.79 Å². The number of para-hydroxylation sites is 2. The number of nitro groups is 1. The third-order valence-corrected chi connectivity index (χ3v) is 4.81. The van der Waals surface area contributed by atoms with E-state index in [0.29, 0.717) is 9.47 Å². The van der Waals surface area contributed by atoms with E-state index in [9.17, 15) is 14.9 Å². The Balaban J connectivity index is 2.01. The van der Waals surface area contributed by atoms with Crippen molar-refractivity contribution in [2.75, 3.05) is 17.2 Å². The van der Waals surface area contributed by atoms with Gasteiger partial charge in [0.15, 0.2) is 4.34 Å². The fourth-order valence-corrected chi connectivity index (χ4v) is 3.62. The summed E-state index contributed by atoms with van der Waals surface area (Å²) >= 11 is 2.61. The van der Waals surface area contributed by atoms with Crippen molar-refractivity contribution in [1.82, 2.24) is 10.2 Å². The van der Waals surface area contributed by atoms with Crippen LogP contribution in [0.25, 0.3) is 0 Å². The molecule has 1 atom stereocenters. The molecule has 0 aliphatic heterocycles. The summed E-state index contributed by atoms with van der Waals surface area (Å²) in [5.74, 6) is -0.329. The minimum atomic E-state index is -0.527. The first-order chi connectivity index (χ1) is 11.0. The van der Waals surface area contributed by atoms with Gasteiger partial charge in [-0.3, -0.25) is 14.9 Å². The van der Waals surface area contributed by atoms with E-state index in [1.54, 1.807) is 19.1 Å². The number of nitro benzene ring substituents is 1. The van der Waals surface area contributed by atoms with Gasteiger partial charge in [-0.1, -0.05) is 35.2 Å². The summed E-state index contributed by atoms with van der Waals surface area (Å²) in [4.78, 5) is 22.6. The van der Waals surface area contributed by atoms with Crippen molar-refractivity contribution in [2.45, 2.75) is 23.4 Å². The van der Waals surface area contributed by atoms with Gasteiger partial charge in [0.1, 0.15) is 5.69 Å². The molecule has 2 aromatic rings. The number of nitrogens with zero attached hydrogens (tertiary/aromatic N) is 3. The summed E-state index contributed by atoms with van der Waals surface area (Å²) in [6.45, 7) is 4.41. The highest BCUT2D eigenvalue weighted by atomic mass is 32.2. The molecule has 1 heterocycles. The molecular weight excluding hydrogens is 338 g/mol. The maximum atomic E-state index is 12.2. The van der Waals surface area contributed by atoms with Crippen LogP contribution in [0.15, 0.2) is 28.6 Å². The molecule has 0 aliphatic rings. The Labute approximate surface area is 140 Å². The van der Waals surface area contributed by atoms with Gasteiger partial charge in [0, 0.05) is 12.6 Å². The molecule has 0 fully saturated rings. The van der Waals surface area contributed by atoms with E-state index in [0.717, 1.165) is 6.54 Å². The number of benzene rings is 1. The zero-order valence-electron chi connectivity index (χ0n) is 12.5. The monoisotopic (exact) mass is 353 g/mol. The quantitative estimate of drug-likeness (QED) is 0.447. The first-order valence-electron chi connectivity index (χ1n) is 6.79. The van der Waals surface area contributed by atoms with Crippen molar-refractivity contribution in [3.8, 4) is 0 Å². The summed E-state index contributed by atoms with van der Waals surface area (Å²) in [5.41, 5.74) is 0.0453. The summed E-state index contributed by atoms with van der Waals surface area (Å²) in [5, 5.41) is 24.8. The molecule has 2 rings (SSSR count). The number of nitrogens with one attached hydrogen (secondary N) is 2. The molecule has 1 aromatic heterocycles. The van der Waals surface area contributed by atoms with E-state index < -0.39 is 10.2 Å². The second kappa shape index (κ2) is 7.88. The zero-order chi connectivity index (χ0) is 16.8. The Kier molecular flexibility index (Phi) is 5.88. The Morgan fingerprint density at radius 3 is 2.87 bits per heavy atom. The number of aromatic nitrogens is 2. The van der Waals surface area contributed by atoms with E-state index in [1.807, 2.05) is 6.92 Å². The van der Waals surface area contributed by atoms with Gasteiger partial charge < -0.3 is 10.6 Å². The highest BCUT2D eigenvalue weighted by Gasteiger charge is 2.20. The molecule has 1 unspecified atom stereocenters. The number of rotatable bonds is 7. The van der Waals surface area contributed by atoms with Crippen LogP contribution >= 0.6 is 23.1 Å². The van der Waals surface area contributed by atoms with Crippen LogP contribution in [0.2, 0.25) is 0 Å². The molecule has 1 amide bonds. The lowest BCUT2D eigenvalue weighted by Gasteiger charge is -2.10. The number of anilines is 2. The standard InChI is InChI=1S/C13H15N5O3S2/c1-3-14-12-16-17-13(23-12)22-8(2)11(19)15-9-6-4-5-7-10(9)18(20)21/h4-8H,3H2,1-2H3,(H,14,16)(H,15,19). The van der Waals surface area contributed by atoms with Crippen molar-refractivity contribution in [2.24, 2.45) is 0 Å². The highest BCUT2D eigenvalue weighted by Crippen LogP contribution is 2.30. The molecule has 0 spiro atoms. The van der Waals surface area contributed by atoms with Crippen LogP contribution < -0.4 is 10.6 Å². The fraction of sp³-hybridized carbons (Fsp3) is 0.308. The Morgan fingerprint density at radius 2 is 2.17 bits per heavy atom. The van der Waals surface area contributed by atoms with Gasteiger partial charge in [0.25, 0.3) is 5.69 Å². The van der Waals surface area contributed by atoms with Crippen LogP contribution in [0, 0.1) is 10.1 Å². The molecule has 23 heavy (non-hydrogen) atoms. The number of carbonyl (C=O) groups excluding carboxylic acids is 1. The molecule has 0 bridgehead atoms. The van der Waals surface area contributed by atoms with E-state index in [2.05, 4.69) is 20.8 Å². The number of hydrogen-bond acceptors (Lipinski definition) is 8. The topological polar surface area (TPSA) is 110 Å². The lowest BCUT2D eigenvalue weighted by Crippen LogP contribution is -2.22. The van der Waals surface area contributed by atoms with Crippen molar-refractivity contribution < 1.29 is 9.72 Å². The minimum absolute atomic E-state index is 0.136. The van der Waals surface area contributed by atoms with Crippen molar-refractivity contribution in [3.63, 3.8) is 0 Å². The largest absolute Gasteiger partial charge is 0.360 e. The van der Waals surface area contributed by atoms with E-state index in [4.69, 9.17) is 0 Å². The van der Waals surface area contributed by atoms with Crippen molar-refractivity contribution >= 4 is 45.5 Å². The van der Waals surface area contributed by atoms with Crippen LogP contribution in [0.1, 0.15) is 13.8 Å². The number of thioether (sulfide) groups is 1. The SMILES string of the molecule is CCNc1nnc(SC(C)C(=O)Nc2ccccc2[N+](=O)[O-])s1. The van der Waals surface area contributed by atoms with Gasteiger partial charge in [-0.2, -0.15) is 0 Å². The molecule has 10 heteroatoms. The Bertz CT molecular complexity index is 706. The van der Waals surface area contributed by atoms with Crippen LogP contribution in [0.4, 0.5) is 16.5 Å². The van der Waals surface area contributed by atoms with E-state index in [-0.39, 0.29) is 17.3 Å². The number of carbonyl (C=O) groups is 1. The van der Waals surface area contributed by atoms with Crippen LogP contribution in [0.5, 0.6) is 0 Å². The highest BCUT2D eigenvalue weighted by molar-refractivity contribution is 8.02. The van der Waals surface area contributed by atoms with Gasteiger partial charge >= 0.3 is 0 Å². The molecule has 1 aromatic carbocycles. The predicted molar refractivity (Wildman–Crippen MR) is 91.1 cm³/mol. The van der Waals surface area contributed by atoms with Crippen molar-refractivity contribution in [1.29, 1.82) is 0 Å². The van der Waals surface area contributed by atoms with Gasteiger partial charge in [-0.25, -0.2) is 0 Å². The number of hydrogen-bond donors (Lipinski definition) is 2. The number of amides is 1. The average Bonchev–Trinajstić information content (AvgIpc) is 2.95. The first-order valence-corrected chi connectivity index (χ1v) is 8.49. The summed E-state index contributed by atoms with van der Waals surface area (Å²) in [6, 6.07) is 6.03. The summed E-state index contributed by atoms with van der Waals surface area (Å²) < 4.78 is 0.658. The van der Waals surface area contributed by atoms with Crippen LogP contribution in [-0.4, -0.2) is 32.8 Å². The third kappa shape index (κ3) is 4.63. The zero-order valence-corrected chi connectivity index (χ0v) is 14.1. The fourth-order valence-electron chi connectivity index (χ4n) is 1.66. The molecule has 0 saturated heterocycles. The molecule has 8 nitrogen and oxygen atoms in total. The molecule has 0 radical (unpaired) electrons. The summed E-state index contributed by atoms with van der Waals surface area (Å²) in [6.07, 6.45) is 0. The van der Waals surface area contributed by atoms with Gasteiger partial charge in [-0.05, 0) is 19.9 Å². The second-order valence-corrected chi connectivity index (χ2v) is 6.99. The van der Waals surface area contributed by atoms with Gasteiger partial charge in [0.2, 0.25) is 11.0 Å². The Morgan fingerprint density at radius 1 is 1.43 bits per heavy atom. The third-order valence-electron chi connectivity index (χ3n) is 2.74. The first kappa shape index (κ1) is 17.2. The van der Waals surface area contributed by atoms with Crippen molar-refractivity contribution in [3.05, 3.63) is 34.4 Å². The molecular formula is C13H15N5O3S2. The lowest BCUT2D eigenvalue weighted by atomic mass is 10.2. The van der Waals surface area contributed by atoms with E-state index in [1.165, 1.54) is 35.2 Å². The maximum Gasteiger partial charge on any atom is 0.292 e. The van der Waals surface area contributed by atoms with Gasteiger partial charge in [0.05, 0.1) is 10.2 Å². The van der Waals surface area contributed by atoms with E-state index >= 15 is 0 Å². The lowest BCUT2D eigenvalue weighted by molar-refractivity contribution is -0.383. The predicted octanol–water partition coefficient (Wildman–Crippen LogP) is 3.00. The molecule has 0 saturated carbocycles. The Hall–Kier alpha value is -2.20. The normalized spacial score (nSPS) is 11.7. The second-order valence-electron chi connectivity index (χ2n) is 4.43. The summed E-state index contributed by atoms with van der Waals surface area (Å²) in [7, 11) is 0. The maximum absolute atomic E-state index is 12.2.